The number of hydrogen-bond acceptors (Lipinski definition) is 3. The predicted molar refractivity (Wildman–Crippen MR) is 96.5 cm³/mol. The fraction of sp³-hybridized carbons (Fsp3) is 0.158. The lowest BCUT2D eigenvalue weighted by molar-refractivity contribution is -0.121. The first-order chi connectivity index (χ1) is 12.0. The summed E-state index contributed by atoms with van der Waals surface area (Å²) in [7, 11) is 0. The SMILES string of the molecule is Cc1ccc2c(CC(=O)NNC(=O)c3cccc(Cl)c3)coc2c1C. The Kier molecular flexibility index (Phi) is 4.76. The van der Waals surface area contributed by atoms with Gasteiger partial charge >= 0.3 is 0 Å². The number of carbonyl (C=O) groups is 2. The molecule has 3 rings (SSSR count). The van der Waals surface area contributed by atoms with Gasteiger partial charge in [0.25, 0.3) is 5.91 Å². The Hall–Kier alpha value is -2.79. The second-order valence-electron chi connectivity index (χ2n) is 5.83. The third-order valence-electron chi connectivity index (χ3n) is 4.09. The van der Waals surface area contributed by atoms with E-state index in [0.29, 0.717) is 10.6 Å². The van der Waals surface area contributed by atoms with Crippen LogP contribution in [0.25, 0.3) is 11.0 Å². The van der Waals surface area contributed by atoms with Crippen LogP contribution >= 0.6 is 11.6 Å². The van der Waals surface area contributed by atoms with Crippen molar-refractivity contribution >= 4 is 34.4 Å². The van der Waals surface area contributed by atoms with Gasteiger partial charge in [-0.15, -0.1) is 0 Å². The van der Waals surface area contributed by atoms with Crippen molar-refractivity contribution in [3.8, 4) is 0 Å². The number of fused-ring (bicyclic) bond motifs is 1. The second-order valence-corrected chi connectivity index (χ2v) is 6.27. The Morgan fingerprint density at radius 3 is 2.68 bits per heavy atom. The maximum absolute atomic E-state index is 12.1. The topological polar surface area (TPSA) is 71.3 Å². The number of hydrazine groups is 1. The Morgan fingerprint density at radius 2 is 1.92 bits per heavy atom. The van der Waals surface area contributed by atoms with Crippen molar-refractivity contribution in [1.29, 1.82) is 0 Å². The molecule has 0 fully saturated rings. The van der Waals surface area contributed by atoms with Gasteiger partial charge in [-0.1, -0.05) is 29.8 Å². The van der Waals surface area contributed by atoms with Crippen LogP contribution in [0.3, 0.4) is 0 Å². The van der Waals surface area contributed by atoms with E-state index in [4.69, 9.17) is 16.0 Å². The molecule has 0 atom stereocenters. The third-order valence-corrected chi connectivity index (χ3v) is 4.33. The predicted octanol–water partition coefficient (Wildman–Crippen LogP) is 3.71. The monoisotopic (exact) mass is 356 g/mol. The zero-order valence-electron chi connectivity index (χ0n) is 13.9. The lowest BCUT2D eigenvalue weighted by Gasteiger charge is -2.07. The van der Waals surface area contributed by atoms with Crippen molar-refractivity contribution in [3.05, 3.63) is 69.9 Å². The number of aryl methyl sites for hydroxylation is 2. The summed E-state index contributed by atoms with van der Waals surface area (Å²) < 4.78 is 5.59. The lowest BCUT2D eigenvalue weighted by atomic mass is 10.0. The number of rotatable bonds is 3. The van der Waals surface area contributed by atoms with Crippen LogP contribution in [0.1, 0.15) is 27.0 Å². The van der Waals surface area contributed by atoms with Crippen molar-refractivity contribution in [1.82, 2.24) is 10.9 Å². The minimum Gasteiger partial charge on any atom is -0.464 e. The van der Waals surface area contributed by atoms with Gasteiger partial charge in [0.15, 0.2) is 0 Å². The lowest BCUT2D eigenvalue weighted by Crippen LogP contribution is -2.42. The van der Waals surface area contributed by atoms with Gasteiger partial charge in [0, 0.05) is 21.5 Å². The zero-order chi connectivity index (χ0) is 18.0. The number of hydrogen-bond donors (Lipinski definition) is 2. The van der Waals surface area contributed by atoms with E-state index in [2.05, 4.69) is 10.9 Å². The molecule has 0 spiro atoms. The number of carbonyl (C=O) groups excluding carboxylic acids is 2. The summed E-state index contributed by atoms with van der Waals surface area (Å²) in [6, 6.07) is 10.4. The summed E-state index contributed by atoms with van der Waals surface area (Å²) in [5.41, 5.74) is 8.89. The van der Waals surface area contributed by atoms with E-state index in [0.717, 1.165) is 27.7 Å². The molecule has 1 aromatic heterocycles. The number of halogens is 1. The highest BCUT2D eigenvalue weighted by Crippen LogP contribution is 2.26. The first-order valence-corrected chi connectivity index (χ1v) is 8.14. The molecule has 0 bridgehead atoms. The maximum Gasteiger partial charge on any atom is 0.269 e. The van der Waals surface area contributed by atoms with E-state index in [-0.39, 0.29) is 12.3 Å². The van der Waals surface area contributed by atoms with Crippen molar-refractivity contribution in [2.24, 2.45) is 0 Å². The van der Waals surface area contributed by atoms with Crippen molar-refractivity contribution in [2.75, 3.05) is 0 Å². The molecule has 0 unspecified atom stereocenters. The highest BCUT2D eigenvalue weighted by Gasteiger charge is 2.14. The van der Waals surface area contributed by atoms with E-state index in [9.17, 15) is 9.59 Å². The Balaban J connectivity index is 1.65. The van der Waals surface area contributed by atoms with E-state index < -0.39 is 5.91 Å². The molecule has 0 saturated carbocycles. The smallest absolute Gasteiger partial charge is 0.269 e. The summed E-state index contributed by atoms with van der Waals surface area (Å²) in [4.78, 5) is 24.1. The molecule has 0 aliphatic heterocycles. The van der Waals surface area contributed by atoms with E-state index >= 15 is 0 Å². The fourth-order valence-corrected chi connectivity index (χ4v) is 2.76. The Bertz CT molecular complexity index is 962. The molecule has 2 amide bonds. The summed E-state index contributed by atoms with van der Waals surface area (Å²) in [5.74, 6) is -0.768. The molecule has 3 aromatic rings. The molecule has 2 N–H and O–H groups in total. The number of nitrogens with one attached hydrogen (secondary N) is 2. The van der Waals surface area contributed by atoms with E-state index in [1.807, 2.05) is 26.0 Å². The molecule has 0 saturated heterocycles. The number of amides is 2. The van der Waals surface area contributed by atoms with Gasteiger partial charge in [-0.3, -0.25) is 20.4 Å². The molecule has 25 heavy (non-hydrogen) atoms. The quantitative estimate of drug-likeness (QED) is 0.703. The third kappa shape index (κ3) is 3.67. The molecule has 0 aliphatic rings. The van der Waals surface area contributed by atoms with Crippen molar-refractivity contribution in [2.45, 2.75) is 20.3 Å². The highest BCUT2D eigenvalue weighted by molar-refractivity contribution is 6.30. The first kappa shape index (κ1) is 17.0. The molecule has 0 radical (unpaired) electrons. The minimum atomic E-state index is -0.431. The van der Waals surface area contributed by atoms with Gasteiger partial charge in [0.1, 0.15) is 5.58 Å². The molecular weight excluding hydrogens is 340 g/mol. The Morgan fingerprint density at radius 1 is 1.12 bits per heavy atom. The minimum absolute atomic E-state index is 0.103. The average Bonchev–Trinajstić information content (AvgIpc) is 2.99. The van der Waals surface area contributed by atoms with Gasteiger partial charge in [-0.2, -0.15) is 0 Å². The van der Waals surface area contributed by atoms with E-state index in [1.165, 1.54) is 6.07 Å². The summed E-state index contributed by atoms with van der Waals surface area (Å²) in [6.45, 7) is 3.99. The summed E-state index contributed by atoms with van der Waals surface area (Å²) in [6.07, 6.45) is 1.68. The van der Waals surface area contributed by atoms with Gasteiger partial charge in [-0.25, -0.2) is 0 Å². The van der Waals surface area contributed by atoms with E-state index in [1.54, 1.807) is 24.5 Å². The van der Waals surface area contributed by atoms with Crippen LogP contribution in [0.2, 0.25) is 5.02 Å². The van der Waals surface area contributed by atoms with Crippen LogP contribution in [0, 0.1) is 13.8 Å². The number of furan rings is 1. The highest BCUT2D eigenvalue weighted by atomic mass is 35.5. The van der Waals surface area contributed by atoms with Gasteiger partial charge in [-0.05, 0) is 43.2 Å². The number of benzene rings is 2. The van der Waals surface area contributed by atoms with Gasteiger partial charge in [0.2, 0.25) is 5.91 Å². The van der Waals surface area contributed by atoms with Crippen molar-refractivity contribution in [3.63, 3.8) is 0 Å². The zero-order valence-corrected chi connectivity index (χ0v) is 14.6. The molecule has 5 nitrogen and oxygen atoms in total. The van der Waals surface area contributed by atoms with Crippen LogP contribution in [0.15, 0.2) is 47.1 Å². The average molecular weight is 357 g/mol. The summed E-state index contributed by atoms with van der Waals surface area (Å²) >= 11 is 5.85. The van der Waals surface area contributed by atoms with Gasteiger partial charge in [0.05, 0.1) is 12.7 Å². The normalized spacial score (nSPS) is 10.7. The first-order valence-electron chi connectivity index (χ1n) is 7.76. The van der Waals surface area contributed by atoms with Crippen LogP contribution in [0.5, 0.6) is 0 Å². The second kappa shape index (κ2) is 6.99. The molecule has 6 heteroatoms. The molecule has 1 heterocycles. The summed E-state index contributed by atoms with van der Waals surface area (Å²) in [5, 5.41) is 1.36. The van der Waals surface area contributed by atoms with Crippen LogP contribution < -0.4 is 10.9 Å². The van der Waals surface area contributed by atoms with Crippen LogP contribution in [-0.2, 0) is 11.2 Å². The molecular formula is C19H17ClN2O3. The standard InChI is InChI=1S/C19H17ClN2O3/c1-11-6-7-16-14(10-25-18(16)12(11)2)9-17(23)21-22-19(24)13-4-3-5-15(20)8-13/h3-8,10H,9H2,1-2H3,(H,21,23)(H,22,24). The van der Waals surface area contributed by atoms with Crippen molar-refractivity contribution < 1.29 is 14.0 Å². The van der Waals surface area contributed by atoms with Crippen LogP contribution in [0.4, 0.5) is 0 Å². The maximum atomic E-state index is 12.1. The van der Waals surface area contributed by atoms with Gasteiger partial charge < -0.3 is 4.42 Å². The molecule has 0 aliphatic carbocycles. The largest absolute Gasteiger partial charge is 0.464 e. The van der Waals surface area contributed by atoms with Crippen LogP contribution in [-0.4, -0.2) is 11.8 Å². The molecule has 128 valence electrons. The fourth-order valence-electron chi connectivity index (χ4n) is 2.57. The molecule has 2 aromatic carbocycles. The Labute approximate surface area is 149 Å².